The average molecular weight is 292 g/mol. The number of carbonyl (C=O) groups is 1. The molecule has 0 saturated carbocycles. The molecule has 4 nitrogen and oxygen atoms in total. The van der Waals surface area contributed by atoms with Crippen molar-refractivity contribution >= 4 is 5.91 Å². The fraction of sp³-hybridized carbons (Fsp3) is 0.588. The SMILES string of the molecule is CC(N)CCCC(=O)NC(C)c1ccc(OC(C)C)cc1. The monoisotopic (exact) mass is 292 g/mol. The molecule has 0 aliphatic carbocycles. The highest BCUT2D eigenvalue weighted by atomic mass is 16.5. The zero-order valence-electron chi connectivity index (χ0n) is 13.6. The zero-order valence-corrected chi connectivity index (χ0v) is 13.6. The van der Waals surface area contributed by atoms with Crippen LogP contribution in [0.15, 0.2) is 24.3 Å². The molecular formula is C17H28N2O2. The zero-order chi connectivity index (χ0) is 15.8. The number of amides is 1. The largest absolute Gasteiger partial charge is 0.491 e. The molecule has 2 atom stereocenters. The molecule has 0 spiro atoms. The van der Waals surface area contributed by atoms with Crippen molar-refractivity contribution in [3.8, 4) is 5.75 Å². The lowest BCUT2D eigenvalue weighted by molar-refractivity contribution is -0.121. The molecule has 0 radical (unpaired) electrons. The van der Waals surface area contributed by atoms with Crippen LogP contribution in [-0.2, 0) is 4.79 Å². The van der Waals surface area contributed by atoms with E-state index in [1.54, 1.807) is 0 Å². The van der Waals surface area contributed by atoms with Crippen molar-refractivity contribution in [1.29, 1.82) is 0 Å². The molecule has 1 amide bonds. The molecule has 1 aromatic carbocycles. The third-order valence-corrected chi connectivity index (χ3v) is 3.19. The molecule has 21 heavy (non-hydrogen) atoms. The van der Waals surface area contributed by atoms with Crippen LogP contribution >= 0.6 is 0 Å². The Hall–Kier alpha value is -1.55. The lowest BCUT2D eigenvalue weighted by Gasteiger charge is -2.16. The van der Waals surface area contributed by atoms with Gasteiger partial charge >= 0.3 is 0 Å². The van der Waals surface area contributed by atoms with Crippen molar-refractivity contribution in [1.82, 2.24) is 5.32 Å². The van der Waals surface area contributed by atoms with Gasteiger partial charge in [0.1, 0.15) is 5.75 Å². The van der Waals surface area contributed by atoms with E-state index in [0.717, 1.165) is 24.2 Å². The van der Waals surface area contributed by atoms with Gasteiger partial charge in [0.05, 0.1) is 12.1 Å². The predicted octanol–water partition coefficient (Wildman–Crippen LogP) is 3.17. The first-order valence-corrected chi connectivity index (χ1v) is 7.70. The maximum atomic E-state index is 11.8. The van der Waals surface area contributed by atoms with E-state index in [1.807, 2.05) is 52.0 Å². The van der Waals surface area contributed by atoms with Crippen LogP contribution in [0.5, 0.6) is 5.75 Å². The smallest absolute Gasteiger partial charge is 0.220 e. The van der Waals surface area contributed by atoms with Gasteiger partial charge in [-0.1, -0.05) is 12.1 Å². The van der Waals surface area contributed by atoms with E-state index in [1.165, 1.54) is 0 Å². The fourth-order valence-electron chi connectivity index (χ4n) is 2.09. The predicted molar refractivity (Wildman–Crippen MR) is 86.3 cm³/mol. The minimum atomic E-state index is 0.000833. The van der Waals surface area contributed by atoms with Gasteiger partial charge < -0.3 is 15.8 Å². The molecule has 0 heterocycles. The van der Waals surface area contributed by atoms with Crippen molar-refractivity contribution in [3.63, 3.8) is 0 Å². The van der Waals surface area contributed by atoms with Gasteiger partial charge in [0.25, 0.3) is 0 Å². The van der Waals surface area contributed by atoms with Gasteiger partial charge in [-0.25, -0.2) is 0 Å². The highest BCUT2D eigenvalue weighted by Gasteiger charge is 2.10. The van der Waals surface area contributed by atoms with Crippen molar-refractivity contribution < 1.29 is 9.53 Å². The summed E-state index contributed by atoms with van der Waals surface area (Å²) in [5, 5.41) is 3.01. The van der Waals surface area contributed by atoms with Crippen molar-refractivity contribution in [2.45, 2.75) is 65.1 Å². The number of hydrogen-bond acceptors (Lipinski definition) is 3. The second kappa shape index (κ2) is 8.67. The maximum absolute atomic E-state index is 11.8. The quantitative estimate of drug-likeness (QED) is 0.773. The molecule has 2 unspecified atom stereocenters. The van der Waals surface area contributed by atoms with Gasteiger partial charge in [-0.05, 0) is 58.2 Å². The van der Waals surface area contributed by atoms with E-state index in [0.29, 0.717) is 6.42 Å². The van der Waals surface area contributed by atoms with E-state index in [-0.39, 0.29) is 24.1 Å². The van der Waals surface area contributed by atoms with Crippen LogP contribution in [0, 0.1) is 0 Å². The van der Waals surface area contributed by atoms with Gasteiger partial charge in [0.2, 0.25) is 5.91 Å². The van der Waals surface area contributed by atoms with Crippen molar-refractivity contribution in [2.24, 2.45) is 5.73 Å². The first-order chi connectivity index (χ1) is 9.88. The first-order valence-electron chi connectivity index (χ1n) is 7.70. The molecule has 1 rings (SSSR count). The van der Waals surface area contributed by atoms with Crippen molar-refractivity contribution in [3.05, 3.63) is 29.8 Å². The number of benzene rings is 1. The van der Waals surface area contributed by atoms with Crippen LogP contribution in [0.1, 0.15) is 58.6 Å². The molecule has 0 bridgehead atoms. The normalized spacial score (nSPS) is 13.8. The van der Waals surface area contributed by atoms with E-state index in [2.05, 4.69) is 5.32 Å². The second-order valence-electron chi connectivity index (χ2n) is 5.89. The van der Waals surface area contributed by atoms with E-state index >= 15 is 0 Å². The molecule has 0 saturated heterocycles. The van der Waals surface area contributed by atoms with E-state index < -0.39 is 0 Å². The number of carbonyl (C=O) groups excluding carboxylic acids is 1. The number of ether oxygens (including phenoxy) is 1. The summed E-state index contributed by atoms with van der Waals surface area (Å²) in [7, 11) is 0. The standard InChI is InChI=1S/C17H28N2O2/c1-12(2)21-16-10-8-15(9-11-16)14(4)19-17(20)7-5-6-13(3)18/h8-14H,5-7,18H2,1-4H3,(H,19,20). The maximum Gasteiger partial charge on any atom is 0.220 e. The highest BCUT2D eigenvalue weighted by molar-refractivity contribution is 5.76. The van der Waals surface area contributed by atoms with E-state index in [9.17, 15) is 4.79 Å². The molecule has 0 fully saturated rings. The number of nitrogens with one attached hydrogen (secondary N) is 1. The Bertz CT molecular complexity index is 427. The van der Waals surface area contributed by atoms with Crippen LogP contribution in [0.3, 0.4) is 0 Å². The summed E-state index contributed by atoms with van der Waals surface area (Å²) in [5.74, 6) is 0.926. The van der Waals surface area contributed by atoms with E-state index in [4.69, 9.17) is 10.5 Å². The van der Waals surface area contributed by atoms with Crippen LogP contribution < -0.4 is 15.8 Å². The summed E-state index contributed by atoms with van der Waals surface area (Å²) in [6.07, 6.45) is 2.40. The Morgan fingerprint density at radius 2 is 1.81 bits per heavy atom. The van der Waals surface area contributed by atoms with Gasteiger partial charge in [-0.3, -0.25) is 4.79 Å². The minimum absolute atomic E-state index is 0.000833. The minimum Gasteiger partial charge on any atom is -0.491 e. The number of hydrogen-bond donors (Lipinski definition) is 2. The summed E-state index contributed by atoms with van der Waals surface area (Å²) in [4.78, 5) is 11.8. The van der Waals surface area contributed by atoms with Crippen LogP contribution in [0.25, 0.3) is 0 Å². The van der Waals surface area contributed by atoms with Crippen LogP contribution in [0.2, 0.25) is 0 Å². The highest BCUT2D eigenvalue weighted by Crippen LogP contribution is 2.18. The van der Waals surface area contributed by atoms with Gasteiger partial charge in [0, 0.05) is 12.5 Å². The van der Waals surface area contributed by atoms with Gasteiger partial charge in [-0.2, -0.15) is 0 Å². The van der Waals surface area contributed by atoms with Gasteiger partial charge in [-0.15, -0.1) is 0 Å². The molecule has 0 aromatic heterocycles. The Kier molecular flexibility index (Phi) is 7.23. The second-order valence-corrected chi connectivity index (χ2v) is 5.89. The summed E-state index contributed by atoms with van der Waals surface area (Å²) in [6.45, 7) is 7.95. The summed E-state index contributed by atoms with van der Waals surface area (Å²) in [6, 6.07) is 8.02. The van der Waals surface area contributed by atoms with Crippen LogP contribution in [-0.4, -0.2) is 18.1 Å². The summed E-state index contributed by atoms with van der Waals surface area (Å²) < 4.78 is 5.61. The topological polar surface area (TPSA) is 64.4 Å². The lowest BCUT2D eigenvalue weighted by Crippen LogP contribution is -2.26. The summed E-state index contributed by atoms with van der Waals surface area (Å²) >= 11 is 0. The Morgan fingerprint density at radius 3 is 2.33 bits per heavy atom. The molecular weight excluding hydrogens is 264 g/mol. The Morgan fingerprint density at radius 1 is 1.19 bits per heavy atom. The molecule has 118 valence electrons. The fourth-order valence-corrected chi connectivity index (χ4v) is 2.09. The summed E-state index contributed by atoms with van der Waals surface area (Å²) in [5.41, 5.74) is 6.75. The molecule has 4 heteroatoms. The molecule has 1 aromatic rings. The van der Waals surface area contributed by atoms with Crippen molar-refractivity contribution in [2.75, 3.05) is 0 Å². The third kappa shape index (κ3) is 7.14. The molecule has 0 aliphatic heterocycles. The Balaban J connectivity index is 2.44. The van der Waals surface area contributed by atoms with Crippen LogP contribution in [0.4, 0.5) is 0 Å². The average Bonchev–Trinajstić information content (AvgIpc) is 2.38. The molecule has 3 N–H and O–H groups in total. The number of rotatable bonds is 8. The Labute approximate surface area is 128 Å². The van der Waals surface area contributed by atoms with Gasteiger partial charge in [0.15, 0.2) is 0 Å². The first kappa shape index (κ1) is 17.5. The third-order valence-electron chi connectivity index (χ3n) is 3.19. The number of nitrogens with two attached hydrogens (primary N) is 1. The lowest BCUT2D eigenvalue weighted by atomic mass is 10.1. The molecule has 0 aliphatic rings.